The zero-order valence-electron chi connectivity index (χ0n) is 10.2. The predicted octanol–water partition coefficient (Wildman–Crippen LogP) is 1.17. The second kappa shape index (κ2) is 4.31. The van der Waals surface area contributed by atoms with Gasteiger partial charge in [-0.15, -0.1) is 0 Å². The summed E-state index contributed by atoms with van der Waals surface area (Å²) in [6.45, 7) is 4.73. The molecule has 1 heterocycles. The van der Waals surface area contributed by atoms with E-state index >= 15 is 0 Å². The van der Waals surface area contributed by atoms with Gasteiger partial charge in [0.1, 0.15) is 0 Å². The van der Waals surface area contributed by atoms with Crippen LogP contribution < -0.4 is 10.0 Å². The summed E-state index contributed by atoms with van der Waals surface area (Å²) in [5.41, 5.74) is 8.52. The monoisotopic (exact) mass is 254 g/mol. The average molecular weight is 254 g/mol. The molecular formula is C12H18N2O2S. The maximum Gasteiger partial charge on any atom is 0.239 e. The van der Waals surface area contributed by atoms with Crippen molar-refractivity contribution in [3.8, 4) is 0 Å². The van der Waals surface area contributed by atoms with E-state index in [9.17, 15) is 8.42 Å². The van der Waals surface area contributed by atoms with Gasteiger partial charge in [-0.2, -0.15) is 0 Å². The van der Waals surface area contributed by atoms with Crippen molar-refractivity contribution in [3.63, 3.8) is 0 Å². The van der Waals surface area contributed by atoms with Crippen LogP contribution in [0.5, 0.6) is 0 Å². The Kier molecular flexibility index (Phi) is 3.14. The highest BCUT2D eigenvalue weighted by Crippen LogP contribution is 2.29. The van der Waals surface area contributed by atoms with Crippen LogP contribution >= 0.6 is 0 Å². The van der Waals surface area contributed by atoms with Gasteiger partial charge in [-0.25, -0.2) is 8.42 Å². The van der Waals surface area contributed by atoms with Crippen molar-refractivity contribution < 1.29 is 8.42 Å². The first-order valence-electron chi connectivity index (χ1n) is 5.75. The van der Waals surface area contributed by atoms with E-state index in [2.05, 4.69) is 0 Å². The third-order valence-electron chi connectivity index (χ3n) is 3.42. The number of rotatable bonds is 2. The Hall–Kier alpha value is -1.07. The van der Waals surface area contributed by atoms with Gasteiger partial charge in [-0.3, -0.25) is 4.31 Å². The molecule has 0 aromatic heterocycles. The first-order chi connectivity index (χ1) is 7.96. The van der Waals surface area contributed by atoms with Gasteiger partial charge in [0, 0.05) is 13.1 Å². The van der Waals surface area contributed by atoms with Crippen molar-refractivity contribution in [2.24, 2.45) is 5.73 Å². The SMILES string of the molecule is Cc1ccc(N2CCC(CN)S2(=O)=O)cc1C. The molecule has 5 heteroatoms. The summed E-state index contributed by atoms with van der Waals surface area (Å²) in [6, 6.07) is 5.74. The molecule has 1 aliphatic rings. The van der Waals surface area contributed by atoms with E-state index in [0.717, 1.165) is 11.3 Å². The number of aryl methyl sites for hydroxylation is 2. The zero-order valence-corrected chi connectivity index (χ0v) is 11.0. The van der Waals surface area contributed by atoms with Gasteiger partial charge in [0.25, 0.3) is 0 Å². The van der Waals surface area contributed by atoms with Crippen molar-refractivity contribution in [1.82, 2.24) is 0 Å². The molecule has 1 aliphatic heterocycles. The maximum absolute atomic E-state index is 12.2. The molecule has 0 amide bonds. The lowest BCUT2D eigenvalue weighted by Gasteiger charge is -2.19. The van der Waals surface area contributed by atoms with Crippen molar-refractivity contribution in [1.29, 1.82) is 0 Å². The third kappa shape index (κ3) is 2.05. The van der Waals surface area contributed by atoms with Gasteiger partial charge < -0.3 is 5.73 Å². The van der Waals surface area contributed by atoms with Crippen LogP contribution in [-0.4, -0.2) is 26.8 Å². The van der Waals surface area contributed by atoms with E-state index in [1.807, 2.05) is 32.0 Å². The Morgan fingerprint density at radius 1 is 1.35 bits per heavy atom. The molecule has 0 spiro atoms. The van der Waals surface area contributed by atoms with Crippen LogP contribution in [-0.2, 0) is 10.0 Å². The van der Waals surface area contributed by atoms with Gasteiger partial charge in [-0.1, -0.05) is 6.07 Å². The minimum Gasteiger partial charge on any atom is -0.329 e. The molecule has 17 heavy (non-hydrogen) atoms. The molecule has 2 rings (SSSR count). The number of sulfonamides is 1. The number of benzene rings is 1. The fourth-order valence-corrected chi connectivity index (χ4v) is 3.89. The number of hydrogen-bond donors (Lipinski definition) is 1. The van der Waals surface area contributed by atoms with E-state index in [0.29, 0.717) is 13.0 Å². The molecule has 0 bridgehead atoms. The maximum atomic E-state index is 12.2. The Bertz CT molecular complexity index is 525. The highest BCUT2D eigenvalue weighted by Gasteiger charge is 2.37. The lowest BCUT2D eigenvalue weighted by atomic mass is 10.1. The number of anilines is 1. The van der Waals surface area contributed by atoms with Crippen LogP contribution in [0.4, 0.5) is 5.69 Å². The molecule has 4 nitrogen and oxygen atoms in total. The van der Waals surface area contributed by atoms with Crippen molar-refractivity contribution in [2.45, 2.75) is 25.5 Å². The molecular weight excluding hydrogens is 236 g/mol. The Labute approximate surface area is 102 Å². The topological polar surface area (TPSA) is 63.4 Å². The van der Waals surface area contributed by atoms with E-state index < -0.39 is 15.3 Å². The molecule has 1 aromatic rings. The number of hydrogen-bond acceptors (Lipinski definition) is 3. The van der Waals surface area contributed by atoms with E-state index in [1.54, 1.807) is 0 Å². The fraction of sp³-hybridized carbons (Fsp3) is 0.500. The molecule has 1 saturated heterocycles. The van der Waals surface area contributed by atoms with E-state index in [1.165, 1.54) is 9.87 Å². The molecule has 0 saturated carbocycles. The quantitative estimate of drug-likeness (QED) is 0.861. The molecule has 0 radical (unpaired) electrons. The van der Waals surface area contributed by atoms with Crippen LogP contribution in [0.3, 0.4) is 0 Å². The van der Waals surface area contributed by atoms with Crippen molar-refractivity contribution in [2.75, 3.05) is 17.4 Å². The van der Waals surface area contributed by atoms with Gasteiger partial charge >= 0.3 is 0 Å². The second-order valence-corrected chi connectivity index (χ2v) is 6.67. The van der Waals surface area contributed by atoms with E-state index in [-0.39, 0.29) is 6.54 Å². The van der Waals surface area contributed by atoms with Crippen molar-refractivity contribution >= 4 is 15.7 Å². The van der Waals surface area contributed by atoms with Gasteiger partial charge in [0.15, 0.2) is 0 Å². The van der Waals surface area contributed by atoms with Crippen molar-refractivity contribution in [3.05, 3.63) is 29.3 Å². The second-order valence-electron chi connectivity index (χ2n) is 4.53. The van der Waals surface area contributed by atoms with E-state index in [4.69, 9.17) is 5.73 Å². The van der Waals surface area contributed by atoms with Gasteiger partial charge in [0.2, 0.25) is 10.0 Å². The van der Waals surface area contributed by atoms with Gasteiger partial charge in [-0.05, 0) is 43.5 Å². The average Bonchev–Trinajstić information content (AvgIpc) is 2.57. The summed E-state index contributed by atoms with van der Waals surface area (Å²) in [6.07, 6.45) is 0.617. The summed E-state index contributed by atoms with van der Waals surface area (Å²) in [5.74, 6) is 0. The summed E-state index contributed by atoms with van der Waals surface area (Å²) in [7, 11) is -3.25. The molecule has 1 atom stereocenters. The lowest BCUT2D eigenvalue weighted by molar-refractivity contribution is 0.588. The summed E-state index contributed by atoms with van der Waals surface area (Å²) in [4.78, 5) is 0. The third-order valence-corrected chi connectivity index (χ3v) is 5.70. The minimum absolute atomic E-state index is 0.198. The fourth-order valence-electron chi connectivity index (χ4n) is 2.11. The summed E-state index contributed by atoms with van der Waals surface area (Å²) < 4.78 is 25.8. The van der Waals surface area contributed by atoms with Crippen LogP contribution in [0.2, 0.25) is 0 Å². The normalized spacial score (nSPS) is 23.0. The largest absolute Gasteiger partial charge is 0.329 e. The minimum atomic E-state index is -3.25. The Balaban J connectivity index is 2.39. The smallest absolute Gasteiger partial charge is 0.239 e. The van der Waals surface area contributed by atoms with Crippen LogP contribution in [0.1, 0.15) is 17.5 Å². The first-order valence-corrected chi connectivity index (χ1v) is 7.26. The molecule has 1 fully saturated rings. The predicted molar refractivity (Wildman–Crippen MR) is 69.6 cm³/mol. The Morgan fingerprint density at radius 3 is 2.59 bits per heavy atom. The molecule has 1 aromatic carbocycles. The molecule has 94 valence electrons. The molecule has 1 unspecified atom stereocenters. The number of nitrogens with two attached hydrogens (primary N) is 1. The zero-order chi connectivity index (χ0) is 12.6. The van der Waals surface area contributed by atoms with Crippen LogP contribution in [0, 0.1) is 13.8 Å². The molecule has 2 N–H and O–H groups in total. The highest BCUT2D eigenvalue weighted by atomic mass is 32.2. The standard InChI is InChI=1S/C12H18N2O2S/c1-9-3-4-11(7-10(9)2)14-6-5-12(8-13)17(14,15)16/h3-4,7,12H,5-6,8,13H2,1-2H3. The van der Waals surface area contributed by atoms with Crippen LogP contribution in [0.15, 0.2) is 18.2 Å². The molecule has 0 aliphatic carbocycles. The first kappa shape index (κ1) is 12.4. The summed E-state index contributed by atoms with van der Waals surface area (Å²) in [5, 5.41) is -0.427. The lowest BCUT2D eigenvalue weighted by Crippen LogP contribution is -2.33. The number of nitrogens with zero attached hydrogens (tertiary/aromatic N) is 1. The summed E-state index contributed by atoms with van der Waals surface area (Å²) >= 11 is 0. The Morgan fingerprint density at radius 2 is 2.06 bits per heavy atom. The van der Waals surface area contributed by atoms with Crippen LogP contribution in [0.25, 0.3) is 0 Å². The van der Waals surface area contributed by atoms with Gasteiger partial charge in [0.05, 0.1) is 10.9 Å². The highest BCUT2D eigenvalue weighted by molar-refractivity contribution is 7.93.